The number of thioether (sulfide) groups is 1. The molecule has 0 aliphatic carbocycles. The first-order valence-electron chi connectivity index (χ1n) is 9.97. The van der Waals surface area contributed by atoms with E-state index in [1.54, 1.807) is 42.1 Å². The Morgan fingerprint density at radius 1 is 1.21 bits per heavy atom. The standard InChI is InChI=1S/C23H26Br2N2O5S/c1-23(2,11-5-4-6-19(28)27-31)21(17-12-14(24)13-18(25)20(17)29)32-22(30)26-15-7-9-16(33-3)10-8-15/h4,6-10,12-13,21,29,31H,5,11H2,1-3H3,(H,26,30)(H,27,28)/b6-4+/t21-/m0/s1. The van der Waals surface area contributed by atoms with Crippen molar-refractivity contribution in [2.24, 2.45) is 5.41 Å². The van der Waals surface area contributed by atoms with Crippen LogP contribution in [0.15, 0.2) is 62.4 Å². The molecule has 33 heavy (non-hydrogen) atoms. The molecule has 2 aromatic carbocycles. The number of rotatable bonds is 9. The number of benzene rings is 2. The Morgan fingerprint density at radius 2 is 1.88 bits per heavy atom. The molecule has 0 saturated carbocycles. The van der Waals surface area contributed by atoms with Gasteiger partial charge in [-0.3, -0.25) is 15.3 Å². The number of carbonyl (C=O) groups is 2. The minimum Gasteiger partial charge on any atom is -0.506 e. The van der Waals surface area contributed by atoms with Gasteiger partial charge in [0, 0.05) is 32.1 Å². The van der Waals surface area contributed by atoms with Gasteiger partial charge >= 0.3 is 6.09 Å². The van der Waals surface area contributed by atoms with E-state index in [-0.39, 0.29) is 5.75 Å². The van der Waals surface area contributed by atoms with E-state index in [0.717, 1.165) is 4.90 Å². The lowest BCUT2D eigenvalue weighted by Gasteiger charge is -2.34. The lowest BCUT2D eigenvalue weighted by Crippen LogP contribution is -2.29. The van der Waals surface area contributed by atoms with Crippen molar-refractivity contribution in [2.75, 3.05) is 11.6 Å². The highest BCUT2D eigenvalue weighted by Crippen LogP contribution is 2.46. The summed E-state index contributed by atoms with van der Waals surface area (Å²) in [4.78, 5) is 25.1. The summed E-state index contributed by atoms with van der Waals surface area (Å²) in [6, 6.07) is 10.8. The molecule has 1 atom stereocenters. The molecule has 0 radical (unpaired) electrons. The van der Waals surface area contributed by atoms with Crippen molar-refractivity contribution in [3.05, 3.63) is 63.1 Å². The minimum absolute atomic E-state index is 0.0244. The molecule has 0 fully saturated rings. The van der Waals surface area contributed by atoms with Crippen LogP contribution >= 0.6 is 43.6 Å². The summed E-state index contributed by atoms with van der Waals surface area (Å²) < 4.78 is 7.02. The van der Waals surface area contributed by atoms with Crippen LogP contribution < -0.4 is 10.8 Å². The third kappa shape index (κ3) is 8.06. The van der Waals surface area contributed by atoms with Gasteiger partial charge in [-0.05, 0) is 71.4 Å². The lowest BCUT2D eigenvalue weighted by molar-refractivity contribution is -0.124. The molecule has 7 nitrogen and oxygen atoms in total. The molecule has 0 aromatic heterocycles. The molecule has 0 unspecified atom stereocenters. The number of amides is 2. The smallest absolute Gasteiger partial charge is 0.412 e. The van der Waals surface area contributed by atoms with Crippen molar-refractivity contribution in [2.45, 2.75) is 37.7 Å². The zero-order chi connectivity index (χ0) is 24.6. The van der Waals surface area contributed by atoms with Gasteiger partial charge in [-0.1, -0.05) is 35.9 Å². The maximum Gasteiger partial charge on any atom is 0.412 e. The summed E-state index contributed by atoms with van der Waals surface area (Å²) in [6.07, 6.45) is 4.35. The Balaban J connectivity index is 2.29. The molecule has 0 saturated heterocycles. The summed E-state index contributed by atoms with van der Waals surface area (Å²) >= 11 is 8.36. The van der Waals surface area contributed by atoms with Crippen molar-refractivity contribution in [1.82, 2.24) is 5.48 Å². The fourth-order valence-electron chi connectivity index (χ4n) is 3.17. The van der Waals surface area contributed by atoms with Crippen LogP contribution in [0.25, 0.3) is 0 Å². The first kappa shape index (κ1) is 27.2. The highest BCUT2D eigenvalue weighted by atomic mass is 79.9. The van der Waals surface area contributed by atoms with E-state index in [0.29, 0.717) is 33.0 Å². The fraction of sp³-hybridized carbons (Fsp3) is 0.304. The van der Waals surface area contributed by atoms with Gasteiger partial charge in [0.25, 0.3) is 5.91 Å². The second-order valence-corrected chi connectivity index (χ2v) is 10.5. The van der Waals surface area contributed by atoms with Gasteiger partial charge in [-0.25, -0.2) is 10.3 Å². The molecule has 0 heterocycles. The van der Waals surface area contributed by atoms with Gasteiger partial charge in [0.1, 0.15) is 11.9 Å². The number of allylic oxidation sites excluding steroid dienone is 1. The van der Waals surface area contributed by atoms with E-state index >= 15 is 0 Å². The average molecular weight is 602 g/mol. The Kier molecular flexibility index (Phi) is 10.3. The number of hydroxylamine groups is 1. The van der Waals surface area contributed by atoms with E-state index in [1.165, 1.54) is 11.6 Å². The maximum absolute atomic E-state index is 12.8. The first-order valence-corrected chi connectivity index (χ1v) is 12.8. The number of carbonyl (C=O) groups excluding carboxylic acids is 2. The molecule has 0 aliphatic rings. The van der Waals surface area contributed by atoms with Crippen molar-refractivity contribution in [1.29, 1.82) is 0 Å². The fourth-order valence-corrected chi connectivity index (χ4v) is 4.84. The van der Waals surface area contributed by atoms with Crippen LogP contribution in [0.3, 0.4) is 0 Å². The van der Waals surface area contributed by atoms with Gasteiger partial charge in [0.2, 0.25) is 0 Å². The molecule has 2 rings (SSSR count). The van der Waals surface area contributed by atoms with Crippen LogP contribution in [0.4, 0.5) is 10.5 Å². The van der Waals surface area contributed by atoms with E-state index in [9.17, 15) is 14.7 Å². The van der Waals surface area contributed by atoms with Crippen molar-refractivity contribution < 1.29 is 24.6 Å². The quantitative estimate of drug-likeness (QED) is 0.109. The summed E-state index contributed by atoms with van der Waals surface area (Å²) in [5, 5.41) is 22.1. The number of anilines is 1. The van der Waals surface area contributed by atoms with Crippen LogP contribution in [-0.2, 0) is 9.53 Å². The topological polar surface area (TPSA) is 108 Å². The molecule has 0 bridgehead atoms. The number of phenols is 1. The number of phenolic OH excluding ortho intramolecular Hbond substituents is 1. The molecule has 2 aromatic rings. The number of ether oxygens (including phenoxy) is 1. The van der Waals surface area contributed by atoms with Gasteiger partial charge in [0.05, 0.1) is 4.47 Å². The van der Waals surface area contributed by atoms with Crippen LogP contribution in [0.2, 0.25) is 0 Å². The molecule has 10 heteroatoms. The van der Waals surface area contributed by atoms with Crippen molar-refractivity contribution in [3.63, 3.8) is 0 Å². The van der Waals surface area contributed by atoms with Gasteiger partial charge in [-0.15, -0.1) is 11.8 Å². The summed E-state index contributed by atoms with van der Waals surface area (Å²) in [6.45, 7) is 3.82. The predicted octanol–water partition coefficient (Wildman–Crippen LogP) is 6.80. The number of nitrogens with one attached hydrogen (secondary N) is 2. The van der Waals surface area contributed by atoms with Gasteiger partial charge < -0.3 is 9.84 Å². The number of hydrogen-bond acceptors (Lipinski definition) is 6. The van der Waals surface area contributed by atoms with Crippen LogP contribution in [0, 0.1) is 5.41 Å². The lowest BCUT2D eigenvalue weighted by atomic mass is 9.78. The second kappa shape index (κ2) is 12.5. The highest BCUT2D eigenvalue weighted by Gasteiger charge is 2.36. The molecule has 4 N–H and O–H groups in total. The van der Waals surface area contributed by atoms with Crippen molar-refractivity contribution in [3.8, 4) is 5.75 Å². The highest BCUT2D eigenvalue weighted by molar-refractivity contribution is 9.11. The van der Waals surface area contributed by atoms with Crippen LogP contribution in [0.5, 0.6) is 5.75 Å². The predicted molar refractivity (Wildman–Crippen MR) is 137 cm³/mol. The molecule has 0 spiro atoms. The molecule has 0 aliphatic heterocycles. The SMILES string of the molecule is CSc1ccc(NC(=O)O[C@@H](c2cc(Br)cc(Br)c2O)C(C)(C)CC/C=C/C(=O)NO)cc1. The van der Waals surface area contributed by atoms with E-state index in [1.807, 2.05) is 32.2 Å². The molecule has 2 amide bonds. The number of aromatic hydroxyl groups is 1. The monoisotopic (exact) mass is 600 g/mol. The number of halogens is 2. The zero-order valence-corrected chi connectivity index (χ0v) is 22.4. The van der Waals surface area contributed by atoms with E-state index in [2.05, 4.69) is 37.2 Å². The van der Waals surface area contributed by atoms with Crippen LogP contribution in [0.1, 0.15) is 38.4 Å². The second-order valence-electron chi connectivity index (χ2n) is 7.87. The molecular weight excluding hydrogens is 576 g/mol. The third-order valence-corrected chi connectivity index (χ3v) is 6.75. The zero-order valence-electron chi connectivity index (χ0n) is 18.4. The Morgan fingerprint density at radius 3 is 2.48 bits per heavy atom. The van der Waals surface area contributed by atoms with Crippen LogP contribution in [-0.4, -0.2) is 28.6 Å². The Bertz CT molecular complexity index is 1010. The van der Waals surface area contributed by atoms with Gasteiger partial charge in [0.15, 0.2) is 0 Å². The minimum atomic E-state index is -0.808. The normalized spacial score (nSPS) is 12.4. The van der Waals surface area contributed by atoms with E-state index < -0.39 is 23.5 Å². The molecule has 178 valence electrons. The third-order valence-electron chi connectivity index (χ3n) is 4.95. The Hall–Kier alpha value is -2.01. The maximum atomic E-state index is 12.8. The van der Waals surface area contributed by atoms with Crippen molar-refractivity contribution >= 4 is 61.3 Å². The van der Waals surface area contributed by atoms with E-state index in [4.69, 9.17) is 9.94 Å². The first-order chi connectivity index (χ1) is 15.6. The summed E-state index contributed by atoms with van der Waals surface area (Å²) in [5.41, 5.74) is 1.94. The summed E-state index contributed by atoms with van der Waals surface area (Å²) in [7, 11) is 0. The Labute approximate surface area is 214 Å². The largest absolute Gasteiger partial charge is 0.506 e. The molecular formula is C23H26Br2N2O5S. The average Bonchev–Trinajstić information content (AvgIpc) is 2.78. The summed E-state index contributed by atoms with van der Waals surface area (Å²) in [5.74, 6) is -0.648. The number of hydrogen-bond donors (Lipinski definition) is 4. The van der Waals surface area contributed by atoms with Gasteiger partial charge in [-0.2, -0.15) is 0 Å².